The number of benzene rings is 4. The molecular weight excluding hydrogens is 547 g/mol. The van der Waals surface area contributed by atoms with Gasteiger partial charge >= 0.3 is 12.3 Å². The molecule has 0 heterocycles. The molecule has 0 atom stereocenters. The fourth-order valence-corrected chi connectivity index (χ4v) is 4.72. The van der Waals surface area contributed by atoms with Gasteiger partial charge in [0.2, 0.25) is 0 Å². The van der Waals surface area contributed by atoms with Gasteiger partial charge in [0.25, 0.3) is 0 Å². The van der Waals surface area contributed by atoms with Crippen molar-refractivity contribution in [2.75, 3.05) is 0 Å². The molecule has 0 saturated carbocycles. The van der Waals surface area contributed by atoms with Crippen LogP contribution in [0, 0.1) is 35.1 Å². The number of hydrogen-bond acceptors (Lipinski definition) is 1. The van der Waals surface area contributed by atoms with Crippen LogP contribution in [0.25, 0.3) is 27.1 Å². The van der Waals surface area contributed by atoms with Gasteiger partial charge in [-0.05, 0) is 84.0 Å². The first-order valence-corrected chi connectivity index (χ1v) is 12.0. The van der Waals surface area contributed by atoms with E-state index in [0.717, 1.165) is 67.0 Å². The van der Waals surface area contributed by atoms with Gasteiger partial charge in [-0.15, -0.1) is 0 Å². The largest absolute Gasteiger partial charge is 0.458 e. The van der Waals surface area contributed by atoms with Crippen LogP contribution in [0.5, 0.6) is 5.75 Å². The highest BCUT2D eigenvalue weighted by atomic mass is 19.4. The summed E-state index contributed by atoms with van der Waals surface area (Å²) in [5.41, 5.74) is -1.06. The number of ether oxygens (including phenoxy) is 1. The summed E-state index contributed by atoms with van der Waals surface area (Å²) in [6.07, 6.45) is -3.84. The predicted octanol–water partition coefficient (Wildman–Crippen LogP) is 9.55. The van der Waals surface area contributed by atoms with E-state index in [0.29, 0.717) is 6.07 Å². The minimum Gasteiger partial charge on any atom is -0.429 e. The van der Waals surface area contributed by atoms with Crippen molar-refractivity contribution in [2.45, 2.75) is 38.0 Å². The zero-order chi connectivity index (χ0) is 28.8. The highest BCUT2D eigenvalue weighted by molar-refractivity contribution is 5.88. The Morgan fingerprint density at radius 3 is 2.10 bits per heavy atom. The Kier molecular flexibility index (Phi) is 6.94. The zero-order valence-electron chi connectivity index (χ0n) is 20.3. The molecule has 40 heavy (non-hydrogen) atoms. The molecule has 0 aliphatic heterocycles. The highest BCUT2D eigenvalue weighted by Gasteiger charge is 2.42. The highest BCUT2D eigenvalue weighted by Crippen LogP contribution is 2.40. The summed E-state index contributed by atoms with van der Waals surface area (Å²) < 4.78 is 131. The maximum Gasteiger partial charge on any atom is 0.458 e. The summed E-state index contributed by atoms with van der Waals surface area (Å²) in [6, 6.07) is 8.17. The summed E-state index contributed by atoms with van der Waals surface area (Å²) in [4.78, 5) is 0. The molecular formula is C30H17F9O. The average molecular weight is 564 g/mol. The minimum absolute atomic E-state index is 0.0830. The maximum absolute atomic E-state index is 15.3. The molecule has 0 amide bonds. The van der Waals surface area contributed by atoms with E-state index in [-0.39, 0.29) is 16.2 Å². The van der Waals surface area contributed by atoms with E-state index < -0.39 is 57.8 Å². The molecule has 1 nitrogen and oxygen atoms in total. The van der Waals surface area contributed by atoms with Crippen molar-refractivity contribution in [1.29, 1.82) is 0 Å². The molecule has 206 valence electrons. The Labute approximate surface area is 221 Å². The van der Waals surface area contributed by atoms with Gasteiger partial charge in [0.15, 0.2) is 0 Å². The number of hydrogen-bond donors (Lipinski definition) is 0. The van der Waals surface area contributed by atoms with Gasteiger partial charge in [-0.25, -0.2) is 17.6 Å². The van der Waals surface area contributed by atoms with Gasteiger partial charge < -0.3 is 4.74 Å². The van der Waals surface area contributed by atoms with E-state index in [1.165, 1.54) is 18.1 Å². The second-order valence-corrected chi connectivity index (χ2v) is 9.26. The standard InChI is InChI=1S/C30H17F9O/c31-24-14-19-13-20(7-9-21(19)27(33)23(24)10-11-29(35,36)37)40-30(38,39)26-25(32)15-18-12-17(6-8-22(18)28(26)34)16-4-2-1-3-5-16/h4,6-9,12-15H,1-3,5H2. The molecule has 0 spiro atoms. The summed E-state index contributed by atoms with van der Waals surface area (Å²) in [6.45, 7) is 0. The van der Waals surface area contributed by atoms with Gasteiger partial charge in [-0.3, -0.25) is 0 Å². The molecule has 0 N–H and O–H groups in total. The van der Waals surface area contributed by atoms with Gasteiger partial charge in [0.1, 0.15) is 34.6 Å². The monoisotopic (exact) mass is 564 g/mol. The van der Waals surface area contributed by atoms with Gasteiger partial charge in [-0.1, -0.05) is 24.1 Å². The molecule has 0 saturated heterocycles. The Bertz CT molecular complexity index is 1740. The molecule has 1 aliphatic carbocycles. The fourth-order valence-electron chi connectivity index (χ4n) is 4.72. The van der Waals surface area contributed by atoms with Crippen LogP contribution < -0.4 is 4.74 Å². The molecule has 0 fully saturated rings. The lowest BCUT2D eigenvalue weighted by atomic mass is 9.92. The summed E-state index contributed by atoms with van der Waals surface area (Å²) in [5.74, 6) is -4.58. The Morgan fingerprint density at radius 1 is 0.725 bits per heavy atom. The van der Waals surface area contributed by atoms with Crippen molar-refractivity contribution in [1.82, 2.24) is 0 Å². The van der Waals surface area contributed by atoms with Crippen LogP contribution in [0.2, 0.25) is 0 Å². The van der Waals surface area contributed by atoms with Crippen LogP contribution in [-0.2, 0) is 6.11 Å². The topological polar surface area (TPSA) is 9.23 Å². The molecule has 0 aromatic heterocycles. The first-order chi connectivity index (χ1) is 18.8. The van der Waals surface area contributed by atoms with E-state index >= 15 is 13.2 Å². The molecule has 0 bridgehead atoms. The van der Waals surface area contributed by atoms with Gasteiger partial charge in [0.05, 0.1) is 5.56 Å². The van der Waals surface area contributed by atoms with Gasteiger partial charge in [-0.2, -0.15) is 22.0 Å². The van der Waals surface area contributed by atoms with Crippen molar-refractivity contribution < 1.29 is 44.3 Å². The van der Waals surface area contributed by atoms with Crippen molar-refractivity contribution in [2.24, 2.45) is 0 Å². The van der Waals surface area contributed by atoms with Crippen molar-refractivity contribution >= 4 is 27.1 Å². The molecule has 0 radical (unpaired) electrons. The first-order valence-electron chi connectivity index (χ1n) is 12.0. The number of fused-ring (bicyclic) bond motifs is 2. The van der Waals surface area contributed by atoms with Gasteiger partial charge in [0, 0.05) is 16.7 Å². The average Bonchev–Trinajstić information content (AvgIpc) is 2.87. The smallest absolute Gasteiger partial charge is 0.429 e. The van der Waals surface area contributed by atoms with Crippen LogP contribution in [-0.4, -0.2) is 6.18 Å². The predicted molar refractivity (Wildman–Crippen MR) is 132 cm³/mol. The minimum atomic E-state index is -5.00. The number of allylic oxidation sites excluding steroid dienone is 2. The van der Waals surface area contributed by atoms with E-state index in [4.69, 9.17) is 0 Å². The Morgan fingerprint density at radius 2 is 1.40 bits per heavy atom. The molecule has 4 aromatic carbocycles. The number of alkyl halides is 5. The fraction of sp³-hybridized carbons (Fsp3) is 0.200. The van der Waals surface area contributed by atoms with Crippen molar-refractivity contribution in [3.05, 3.63) is 94.6 Å². The maximum atomic E-state index is 15.3. The van der Waals surface area contributed by atoms with E-state index in [1.807, 2.05) is 6.08 Å². The molecule has 1 aliphatic rings. The van der Waals surface area contributed by atoms with Crippen molar-refractivity contribution in [3.8, 4) is 17.6 Å². The zero-order valence-corrected chi connectivity index (χ0v) is 20.3. The lowest BCUT2D eigenvalue weighted by molar-refractivity contribution is -0.189. The first kappa shape index (κ1) is 27.4. The van der Waals surface area contributed by atoms with Crippen molar-refractivity contribution in [3.63, 3.8) is 0 Å². The summed E-state index contributed by atoms with van der Waals surface area (Å²) in [5, 5.41) is -0.963. The van der Waals surface area contributed by atoms with Crippen LogP contribution in [0.1, 0.15) is 42.4 Å². The molecule has 0 unspecified atom stereocenters. The SMILES string of the molecule is Fc1cc2cc(OC(F)(F)c3c(F)cc4cc(C5=CCCCC5)ccc4c3F)ccc2c(F)c1C#CC(F)(F)F. The Hall–Kier alpha value is -4.13. The van der Waals surface area contributed by atoms with E-state index in [9.17, 15) is 26.3 Å². The third kappa shape index (κ3) is 5.33. The lowest BCUT2D eigenvalue weighted by Crippen LogP contribution is -2.25. The molecule has 4 aromatic rings. The van der Waals surface area contributed by atoms with Crippen LogP contribution in [0.15, 0.2) is 54.6 Å². The van der Waals surface area contributed by atoms with Crippen LogP contribution in [0.4, 0.5) is 39.5 Å². The molecule has 5 rings (SSSR count). The second-order valence-electron chi connectivity index (χ2n) is 9.26. The van der Waals surface area contributed by atoms with E-state index in [2.05, 4.69) is 4.74 Å². The summed E-state index contributed by atoms with van der Waals surface area (Å²) in [7, 11) is 0. The number of rotatable bonds is 4. The number of halogens is 9. The third-order valence-electron chi connectivity index (χ3n) is 6.56. The normalized spacial score (nSPS) is 14.2. The molecule has 10 heteroatoms. The summed E-state index contributed by atoms with van der Waals surface area (Å²) >= 11 is 0. The third-order valence-corrected chi connectivity index (χ3v) is 6.56. The lowest BCUT2D eigenvalue weighted by Gasteiger charge is -2.21. The Balaban J connectivity index is 1.50. The van der Waals surface area contributed by atoms with E-state index in [1.54, 1.807) is 6.07 Å². The quantitative estimate of drug-likeness (QED) is 0.177. The second kappa shape index (κ2) is 10.1. The van der Waals surface area contributed by atoms with Crippen LogP contribution >= 0.6 is 0 Å². The van der Waals surface area contributed by atoms with Crippen LogP contribution in [0.3, 0.4) is 0 Å².